The van der Waals surface area contributed by atoms with Crippen LogP contribution in [0.15, 0.2) is 16.6 Å². The van der Waals surface area contributed by atoms with Crippen molar-refractivity contribution in [3.63, 3.8) is 0 Å². The van der Waals surface area contributed by atoms with Crippen molar-refractivity contribution in [2.45, 2.75) is 6.92 Å². The molecule has 1 atom stereocenters. The quantitative estimate of drug-likeness (QED) is 0.828. The van der Waals surface area contributed by atoms with E-state index in [1.54, 1.807) is 6.92 Å². The Morgan fingerprint density at radius 1 is 1.62 bits per heavy atom. The van der Waals surface area contributed by atoms with Gasteiger partial charge in [-0.3, -0.25) is 4.79 Å². The Labute approximate surface area is 101 Å². The summed E-state index contributed by atoms with van der Waals surface area (Å²) in [6.07, 6.45) is 0. The van der Waals surface area contributed by atoms with E-state index >= 15 is 0 Å². The summed E-state index contributed by atoms with van der Waals surface area (Å²) in [5.41, 5.74) is 10.8. The highest BCUT2D eigenvalue weighted by Gasteiger charge is 2.13. The van der Waals surface area contributed by atoms with Gasteiger partial charge >= 0.3 is 0 Å². The van der Waals surface area contributed by atoms with E-state index in [1.165, 1.54) is 6.07 Å². The van der Waals surface area contributed by atoms with E-state index in [1.807, 2.05) is 0 Å². The molecule has 1 unspecified atom stereocenters. The fraction of sp³-hybridized carbons (Fsp3) is 0.300. The number of carbonyl (C=O) groups excluding carboxylic acids is 1. The average Bonchev–Trinajstić information content (AvgIpc) is 2.15. The van der Waals surface area contributed by atoms with Crippen molar-refractivity contribution in [2.75, 3.05) is 12.3 Å². The number of amides is 1. The lowest BCUT2D eigenvalue weighted by molar-refractivity contribution is -0.122. The molecule has 0 radical (unpaired) electrons. The highest BCUT2D eigenvalue weighted by molar-refractivity contribution is 9.10. The summed E-state index contributed by atoms with van der Waals surface area (Å²) in [7, 11) is 0. The van der Waals surface area contributed by atoms with Gasteiger partial charge in [0.05, 0.1) is 22.7 Å². The predicted octanol–water partition coefficient (Wildman–Crippen LogP) is 1.67. The number of ether oxygens (including phenoxy) is 1. The molecule has 1 aromatic carbocycles. The number of halogens is 2. The SMILES string of the molecule is CC(COc1c(N)cc(F)cc1Br)C(N)=O. The fourth-order valence-corrected chi connectivity index (χ4v) is 1.59. The first-order valence-corrected chi connectivity index (χ1v) is 5.37. The topological polar surface area (TPSA) is 78.3 Å². The van der Waals surface area contributed by atoms with Gasteiger partial charge in [-0.2, -0.15) is 0 Å². The molecule has 0 saturated carbocycles. The molecule has 0 heterocycles. The van der Waals surface area contributed by atoms with Crippen molar-refractivity contribution in [3.8, 4) is 5.75 Å². The van der Waals surface area contributed by atoms with Crippen molar-refractivity contribution in [1.29, 1.82) is 0 Å². The van der Waals surface area contributed by atoms with Gasteiger partial charge in [-0.15, -0.1) is 0 Å². The normalized spacial score (nSPS) is 12.2. The second kappa shape index (κ2) is 5.16. The molecular formula is C10H12BrFN2O2. The molecule has 0 spiro atoms. The monoisotopic (exact) mass is 290 g/mol. The summed E-state index contributed by atoms with van der Waals surface area (Å²) in [6, 6.07) is 2.38. The van der Waals surface area contributed by atoms with E-state index in [2.05, 4.69) is 15.9 Å². The molecule has 0 aliphatic rings. The molecular weight excluding hydrogens is 279 g/mol. The highest BCUT2D eigenvalue weighted by Crippen LogP contribution is 2.32. The zero-order valence-electron chi connectivity index (χ0n) is 8.67. The largest absolute Gasteiger partial charge is 0.489 e. The number of hydrogen-bond acceptors (Lipinski definition) is 3. The van der Waals surface area contributed by atoms with Gasteiger partial charge in [0.1, 0.15) is 5.82 Å². The smallest absolute Gasteiger partial charge is 0.223 e. The van der Waals surface area contributed by atoms with Crippen molar-refractivity contribution < 1.29 is 13.9 Å². The van der Waals surface area contributed by atoms with Crippen molar-refractivity contribution in [2.24, 2.45) is 11.7 Å². The molecule has 4 nitrogen and oxygen atoms in total. The minimum atomic E-state index is -0.461. The van der Waals surface area contributed by atoms with Gasteiger partial charge in [0, 0.05) is 6.07 Å². The Bertz CT molecular complexity index is 389. The Kier molecular flexibility index (Phi) is 4.12. The van der Waals surface area contributed by atoms with E-state index in [0.717, 1.165) is 6.07 Å². The van der Waals surface area contributed by atoms with Crippen molar-refractivity contribution in [3.05, 3.63) is 22.4 Å². The molecule has 0 saturated heterocycles. The maximum Gasteiger partial charge on any atom is 0.223 e. The maximum atomic E-state index is 12.9. The number of benzene rings is 1. The lowest BCUT2D eigenvalue weighted by Crippen LogP contribution is -2.26. The van der Waals surface area contributed by atoms with Gasteiger partial charge in [-0.1, -0.05) is 6.92 Å². The van der Waals surface area contributed by atoms with Gasteiger partial charge in [0.25, 0.3) is 0 Å². The zero-order chi connectivity index (χ0) is 12.3. The molecule has 0 aliphatic carbocycles. The average molecular weight is 291 g/mol. The second-order valence-electron chi connectivity index (χ2n) is 3.42. The lowest BCUT2D eigenvalue weighted by Gasteiger charge is -2.13. The second-order valence-corrected chi connectivity index (χ2v) is 4.27. The molecule has 1 amide bonds. The molecule has 0 aromatic heterocycles. The summed E-state index contributed by atoms with van der Waals surface area (Å²) < 4.78 is 18.6. The minimum Gasteiger partial charge on any atom is -0.489 e. The van der Waals surface area contributed by atoms with Crippen LogP contribution in [0.1, 0.15) is 6.92 Å². The van der Waals surface area contributed by atoms with Crippen LogP contribution < -0.4 is 16.2 Å². The summed E-state index contributed by atoms with van der Waals surface area (Å²) in [5, 5.41) is 0. The molecule has 16 heavy (non-hydrogen) atoms. The van der Waals surface area contributed by atoms with E-state index < -0.39 is 17.6 Å². The van der Waals surface area contributed by atoms with Gasteiger partial charge in [-0.25, -0.2) is 4.39 Å². The van der Waals surface area contributed by atoms with Crippen LogP contribution in [0.2, 0.25) is 0 Å². The molecule has 0 aliphatic heterocycles. The minimum absolute atomic E-state index is 0.101. The summed E-state index contributed by atoms with van der Waals surface area (Å²) >= 11 is 3.12. The van der Waals surface area contributed by atoms with E-state index in [4.69, 9.17) is 16.2 Å². The molecule has 0 bridgehead atoms. The molecule has 1 rings (SSSR count). The number of anilines is 1. The summed E-state index contributed by atoms with van der Waals surface area (Å²) in [6.45, 7) is 1.74. The Hall–Kier alpha value is -1.30. The number of nitrogens with two attached hydrogens (primary N) is 2. The van der Waals surface area contributed by atoms with Crippen LogP contribution in [0.25, 0.3) is 0 Å². The Balaban J connectivity index is 2.78. The van der Waals surface area contributed by atoms with E-state index in [0.29, 0.717) is 10.2 Å². The third-order valence-corrected chi connectivity index (χ3v) is 2.59. The van der Waals surface area contributed by atoms with Crippen molar-refractivity contribution >= 4 is 27.5 Å². The molecule has 4 N–H and O–H groups in total. The van der Waals surface area contributed by atoms with Crippen LogP contribution in [0.3, 0.4) is 0 Å². The fourth-order valence-electron chi connectivity index (χ4n) is 1.02. The maximum absolute atomic E-state index is 12.9. The van der Waals surface area contributed by atoms with Crippen molar-refractivity contribution in [1.82, 2.24) is 0 Å². The van der Waals surface area contributed by atoms with Gasteiger partial charge in [0.15, 0.2) is 5.75 Å². The third-order valence-electron chi connectivity index (χ3n) is 2.00. The van der Waals surface area contributed by atoms with Crippen LogP contribution in [0, 0.1) is 11.7 Å². The van der Waals surface area contributed by atoms with Crippen LogP contribution in [-0.2, 0) is 4.79 Å². The van der Waals surface area contributed by atoms with Gasteiger partial charge in [0.2, 0.25) is 5.91 Å². The number of primary amides is 1. The Morgan fingerprint density at radius 3 is 2.75 bits per heavy atom. The molecule has 0 fully saturated rings. The predicted molar refractivity (Wildman–Crippen MR) is 62.4 cm³/mol. The summed E-state index contributed by atoms with van der Waals surface area (Å²) in [5.74, 6) is -1.04. The first-order valence-electron chi connectivity index (χ1n) is 4.58. The first-order chi connectivity index (χ1) is 7.41. The molecule has 6 heteroatoms. The van der Waals surface area contributed by atoms with E-state index in [9.17, 15) is 9.18 Å². The standard InChI is InChI=1S/C10H12BrFN2O2/c1-5(10(14)15)4-16-9-7(11)2-6(12)3-8(9)13/h2-3,5H,4,13H2,1H3,(H2,14,15). The first kappa shape index (κ1) is 12.8. The number of rotatable bonds is 4. The number of carbonyl (C=O) groups is 1. The van der Waals surface area contributed by atoms with Crippen LogP contribution in [0.4, 0.5) is 10.1 Å². The third kappa shape index (κ3) is 3.10. The Morgan fingerprint density at radius 2 is 2.25 bits per heavy atom. The zero-order valence-corrected chi connectivity index (χ0v) is 10.3. The summed E-state index contributed by atoms with van der Waals surface area (Å²) in [4.78, 5) is 10.8. The van der Waals surface area contributed by atoms with Crippen LogP contribution in [0.5, 0.6) is 5.75 Å². The number of nitrogen functional groups attached to an aromatic ring is 1. The van der Waals surface area contributed by atoms with E-state index in [-0.39, 0.29) is 12.3 Å². The molecule has 1 aromatic rings. The van der Waals surface area contributed by atoms with Gasteiger partial charge in [-0.05, 0) is 22.0 Å². The highest BCUT2D eigenvalue weighted by atomic mass is 79.9. The van der Waals surface area contributed by atoms with Crippen LogP contribution >= 0.6 is 15.9 Å². The van der Waals surface area contributed by atoms with Crippen LogP contribution in [-0.4, -0.2) is 12.5 Å². The molecule has 88 valence electrons. The lowest BCUT2D eigenvalue weighted by atomic mass is 10.2. The van der Waals surface area contributed by atoms with Gasteiger partial charge < -0.3 is 16.2 Å². The number of hydrogen-bond donors (Lipinski definition) is 2.